The van der Waals surface area contributed by atoms with Crippen molar-refractivity contribution in [2.75, 3.05) is 24.6 Å². The van der Waals surface area contributed by atoms with Crippen molar-refractivity contribution in [3.63, 3.8) is 0 Å². The molecule has 3 rings (SSSR count). The molecule has 0 aromatic heterocycles. The van der Waals surface area contributed by atoms with Crippen molar-refractivity contribution in [2.45, 2.75) is 19.9 Å². The number of hydrogen-bond donors (Lipinski definition) is 0. The van der Waals surface area contributed by atoms with Crippen molar-refractivity contribution in [1.29, 1.82) is 0 Å². The van der Waals surface area contributed by atoms with Gasteiger partial charge in [-0.25, -0.2) is 0 Å². The molecule has 0 N–H and O–H groups in total. The van der Waals surface area contributed by atoms with E-state index in [9.17, 15) is 9.59 Å². The van der Waals surface area contributed by atoms with E-state index < -0.39 is 6.04 Å². The Labute approximate surface area is 168 Å². The fourth-order valence-electron chi connectivity index (χ4n) is 3.13. The lowest BCUT2D eigenvalue weighted by Crippen LogP contribution is -2.57. The van der Waals surface area contributed by atoms with E-state index in [-0.39, 0.29) is 16.8 Å². The maximum atomic E-state index is 12.9. The molecular formula is C20H20Cl2N2O3. The van der Waals surface area contributed by atoms with Crippen LogP contribution >= 0.6 is 23.2 Å². The summed E-state index contributed by atoms with van der Waals surface area (Å²) in [5.41, 5.74) is 1.10. The molecule has 2 aromatic rings. The van der Waals surface area contributed by atoms with Crippen LogP contribution in [0.3, 0.4) is 0 Å². The average Bonchev–Trinajstić information content (AvgIpc) is 2.64. The quantitative estimate of drug-likeness (QED) is 0.761. The van der Waals surface area contributed by atoms with Crippen molar-refractivity contribution in [2.24, 2.45) is 0 Å². The van der Waals surface area contributed by atoms with Crippen LogP contribution in [0.1, 0.15) is 24.2 Å². The molecule has 2 amide bonds. The Kier molecular flexibility index (Phi) is 5.92. The van der Waals surface area contributed by atoms with Gasteiger partial charge in [0.25, 0.3) is 5.91 Å². The third-order valence-electron chi connectivity index (χ3n) is 4.52. The second-order valence-electron chi connectivity index (χ2n) is 6.22. The summed E-state index contributed by atoms with van der Waals surface area (Å²) in [5, 5.41) is 0.735. The number of nitrogens with zero attached hydrogens (tertiary/aromatic N) is 2. The minimum Gasteiger partial charge on any atom is -0.494 e. The Morgan fingerprint density at radius 1 is 1.19 bits per heavy atom. The van der Waals surface area contributed by atoms with Crippen LogP contribution in [0, 0.1) is 0 Å². The summed E-state index contributed by atoms with van der Waals surface area (Å²) in [6.07, 6.45) is 0. The molecule has 0 radical (unpaired) electrons. The Balaban J connectivity index is 1.80. The normalized spacial score (nSPS) is 17.2. The number of rotatable bonds is 4. The van der Waals surface area contributed by atoms with Crippen LogP contribution in [0.2, 0.25) is 10.0 Å². The number of anilines is 1. The molecule has 27 heavy (non-hydrogen) atoms. The van der Waals surface area contributed by atoms with E-state index in [0.29, 0.717) is 36.0 Å². The highest BCUT2D eigenvalue weighted by Crippen LogP contribution is 2.27. The third kappa shape index (κ3) is 4.04. The fourth-order valence-corrected chi connectivity index (χ4v) is 3.62. The third-order valence-corrected chi connectivity index (χ3v) is 5.07. The zero-order chi connectivity index (χ0) is 19.6. The number of amides is 2. The minimum absolute atomic E-state index is 0.145. The zero-order valence-corrected chi connectivity index (χ0v) is 16.6. The Morgan fingerprint density at radius 3 is 2.67 bits per heavy atom. The summed E-state index contributed by atoms with van der Waals surface area (Å²) >= 11 is 12.1. The molecule has 1 unspecified atom stereocenters. The van der Waals surface area contributed by atoms with Gasteiger partial charge in [0.1, 0.15) is 11.8 Å². The topological polar surface area (TPSA) is 49.9 Å². The molecule has 0 spiro atoms. The summed E-state index contributed by atoms with van der Waals surface area (Å²) in [6, 6.07) is 11.5. The summed E-state index contributed by atoms with van der Waals surface area (Å²) in [4.78, 5) is 29.0. The maximum Gasteiger partial charge on any atom is 0.256 e. The lowest BCUT2D eigenvalue weighted by atomic mass is 10.1. The molecule has 1 saturated heterocycles. The molecule has 7 heteroatoms. The van der Waals surface area contributed by atoms with Crippen LogP contribution in [0.25, 0.3) is 0 Å². The lowest BCUT2D eigenvalue weighted by Gasteiger charge is -2.39. The summed E-state index contributed by atoms with van der Waals surface area (Å²) in [7, 11) is 0. The van der Waals surface area contributed by atoms with Crippen LogP contribution < -0.4 is 9.64 Å². The monoisotopic (exact) mass is 406 g/mol. The van der Waals surface area contributed by atoms with E-state index in [2.05, 4.69) is 0 Å². The SMILES string of the molecule is CCOc1cccc(N2CCN(C(=O)c3ccc(Cl)cc3Cl)C(C)C2=O)c1. The smallest absolute Gasteiger partial charge is 0.256 e. The van der Waals surface area contributed by atoms with Crippen LogP contribution in [0.4, 0.5) is 5.69 Å². The largest absolute Gasteiger partial charge is 0.494 e. The van der Waals surface area contributed by atoms with Gasteiger partial charge in [-0.05, 0) is 44.2 Å². The maximum absolute atomic E-state index is 12.9. The number of ether oxygens (including phenoxy) is 1. The number of halogens is 2. The second-order valence-corrected chi connectivity index (χ2v) is 7.06. The molecule has 5 nitrogen and oxygen atoms in total. The fraction of sp³-hybridized carbons (Fsp3) is 0.300. The van der Waals surface area contributed by atoms with Crippen LogP contribution in [0.15, 0.2) is 42.5 Å². The van der Waals surface area contributed by atoms with Gasteiger partial charge < -0.3 is 14.5 Å². The van der Waals surface area contributed by atoms with Gasteiger partial charge in [0.15, 0.2) is 0 Å². The first-order chi connectivity index (χ1) is 12.9. The first kappa shape index (κ1) is 19.5. The molecule has 1 fully saturated rings. The van der Waals surface area contributed by atoms with E-state index in [1.54, 1.807) is 28.9 Å². The predicted octanol–water partition coefficient (Wildman–Crippen LogP) is 4.27. The van der Waals surface area contributed by atoms with Crippen molar-refractivity contribution in [1.82, 2.24) is 4.90 Å². The van der Waals surface area contributed by atoms with E-state index in [4.69, 9.17) is 27.9 Å². The molecular weight excluding hydrogens is 387 g/mol. The molecule has 142 valence electrons. The first-order valence-electron chi connectivity index (χ1n) is 8.72. The predicted molar refractivity (Wildman–Crippen MR) is 107 cm³/mol. The molecule has 1 aliphatic heterocycles. The summed E-state index contributed by atoms with van der Waals surface area (Å²) in [6.45, 7) is 4.99. The molecule has 1 aliphatic rings. The second kappa shape index (κ2) is 8.19. The zero-order valence-electron chi connectivity index (χ0n) is 15.1. The van der Waals surface area contributed by atoms with Gasteiger partial charge in [0.05, 0.1) is 17.2 Å². The summed E-state index contributed by atoms with van der Waals surface area (Å²) in [5.74, 6) is 0.287. The average molecular weight is 407 g/mol. The van der Waals surface area contributed by atoms with Gasteiger partial charge in [0.2, 0.25) is 5.91 Å². The first-order valence-corrected chi connectivity index (χ1v) is 9.48. The summed E-state index contributed by atoms with van der Waals surface area (Å²) < 4.78 is 5.51. The molecule has 1 atom stereocenters. The Bertz CT molecular complexity index is 872. The van der Waals surface area contributed by atoms with Crippen molar-refractivity contribution in [3.8, 4) is 5.75 Å². The van der Waals surface area contributed by atoms with E-state index >= 15 is 0 Å². The number of benzene rings is 2. The number of piperazine rings is 1. The Hall–Kier alpha value is -2.24. The molecule has 0 saturated carbocycles. The van der Waals surface area contributed by atoms with Crippen LogP contribution in [-0.4, -0.2) is 42.5 Å². The molecule has 0 aliphatic carbocycles. The highest BCUT2D eigenvalue weighted by Gasteiger charge is 2.36. The van der Waals surface area contributed by atoms with E-state index in [1.165, 1.54) is 6.07 Å². The molecule has 2 aromatic carbocycles. The Morgan fingerprint density at radius 2 is 1.96 bits per heavy atom. The van der Waals surface area contributed by atoms with Gasteiger partial charge in [-0.1, -0.05) is 29.3 Å². The van der Waals surface area contributed by atoms with Gasteiger partial charge >= 0.3 is 0 Å². The standard InChI is InChI=1S/C20H20Cl2N2O3/c1-3-27-16-6-4-5-15(12-16)24-10-9-23(13(2)19(24)25)20(26)17-8-7-14(21)11-18(17)22/h4-8,11-13H,3,9-10H2,1-2H3. The number of hydrogen-bond acceptors (Lipinski definition) is 3. The van der Waals surface area contributed by atoms with Gasteiger partial charge in [-0.3, -0.25) is 9.59 Å². The number of carbonyl (C=O) groups excluding carboxylic acids is 2. The lowest BCUT2D eigenvalue weighted by molar-refractivity contribution is -0.124. The van der Waals surface area contributed by atoms with Gasteiger partial charge in [-0.2, -0.15) is 0 Å². The minimum atomic E-state index is -0.603. The van der Waals surface area contributed by atoms with Gasteiger partial charge in [-0.15, -0.1) is 0 Å². The highest BCUT2D eigenvalue weighted by atomic mass is 35.5. The van der Waals surface area contributed by atoms with Crippen LogP contribution in [0.5, 0.6) is 5.75 Å². The van der Waals surface area contributed by atoms with E-state index in [0.717, 1.165) is 5.69 Å². The van der Waals surface area contributed by atoms with Gasteiger partial charge in [0, 0.05) is 29.9 Å². The number of carbonyl (C=O) groups is 2. The molecule has 1 heterocycles. The molecule has 0 bridgehead atoms. The van der Waals surface area contributed by atoms with E-state index in [1.807, 2.05) is 31.2 Å². The van der Waals surface area contributed by atoms with Crippen molar-refractivity contribution >= 4 is 40.7 Å². The van der Waals surface area contributed by atoms with Crippen molar-refractivity contribution < 1.29 is 14.3 Å². The van der Waals surface area contributed by atoms with Crippen LogP contribution in [-0.2, 0) is 4.79 Å². The van der Waals surface area contributed by atoms with Crippen molar-refractivity contribution in [3.05, 3.63) is 58.1 Å². The highest BCUT2D eigenvalue weighted by molar-refractivity contribution is 6.36.